The summed E-state index contributed by atoms with van der Waals surface area (Å²) in [5.41, 5.74) is 0.568. The van der Waals surface area contributed by atoms with Crippen LogP contribution in [0.4, 0.5) is 4.39 Å². The summed E-state index contributed by atoms with van der Waals surface area (Å²) >= 11 is 9.36. The zero-order valence-electron chi connectivity index (χ0n) is 15.5. The second kappa shape index (κ2) is 8.97. The fourth-order valence-electron chi connectivity index (χ4n) is 3.41. The molecule has 6 nitrogen and oxygen atoms in total. The summed E-state index contributed by atoms with van der Waals surface area (Å²) in [7, 11) is 0. The maximum absolute atomic E-state index is 14.7. The van der Waals surface area contributed by atoms with Gasteiger partial charge in [0, 0.05) is 28.1 Å². The summed E-state index contributed by atoms with van der Waals surface area (Å²) < 4.78 is 20.2. The van der Waals surface area contributed by atoms with Gasteiger partial charge in [0.2, 0.25) is 0 Å². The van der Waals surface area contributed by atoms with E-state index < -0.39 is 42.9 Å². The molecule has 4 rings (SSSR count). The molecule has 3 aromatic rings. The Morgan fingerprint density at radius 1 is 1.13 bits per heavy atom. The average Bonchev–Trinajstić information content (AvgIpc) is 3.41. The topological polar surface area (TPSA) is 103 Å². The van der Waals surface area contributed by atoms with Crippen LogP contribution >= 0.6 is 34.3 Å². The number of halogens is 2. The minimum atomic E-state index is -1.59. The Labute approximate surface area is 184 Å². The SMILES string of the molecule is OC[C@H]1O[C@@H](c2cc(Cc3ncc(-c4cccs4)s3)c(Cl)cc2F)[C@H](O)[C@@H](O)[C@@H]1O. The van der Waals surface area contributed by atoms with E-state index in [1.54, 1.807) is 17.5 Å². The van der Waals surface area contributed by atoms with Crippen LogP contribution in [0.1, 0.15) is 22.2 Å². The molecule has 1 aliphatic heterocycles. The predicted molar refractivity (Wildman–Crippen MR) is 112 cm³/mol. The highest BCUT2D eigenvalue weighted by atomic mass is 35.5. The number of benzene rings is 1. The van der Waals surface area contributed by atoms with Crippen molar-refractivity contribution in [2.24, 2.45) is 0 Å². The van der Waals surface area contributed by atoms with E-state index in [1.165, 1.54) is 17.4 Å². The second-order valence-corrected chi connectivity index (χ2v) is 9.46. The molecule has 0 saturated carbocycles. The zero-order chi connectivity index (χ0) is 21.4. The minimum Gasteiger partial charge on any atom is -0.394 e. The first-order valence-electron chi connectivity index (χ1n) is 9.16. The van der Waals surface area contributed by atoms with E-state index in [0.717, 1.165) is 20.8 Å². The molecule has 1 fully saturated rings. The van der Waals surface area contributed by atoms with E-state index in [0.29, 0.717) is 12.0 Å². The van der Waals surface area contributed by atoms with Crippen LogP contribution in [-0.2, 0) is 11.2 Å². The zero-order valence-corrected chi connectivity index (χ0v) is 17.9. The van der Waals surface area contributed by atoms with Crippen molar-refractivity contribution < 1.29 is 29.6 Å². The van der Waals surface area contributed by atoms with Gasteiger partial charge in [0.1, 0.15) is 36.3 Å². The molecule has 160 valence electrons. The summed E-state index contributed by atoms with van der Waals surface area (Å²) in [6, 6.07) is 6.56. The molecule has 0 unspecified atom stereocenters. The molecule has 0 bridgehead atoms. The third kappa shape index (κ3) is 4.17. The van der Waals surface area contributed by atoms with Crippen molar-refractivity contribution in [2.45, 2.75) is 36.9 Å². The van der Waals surface area contributed by atoms with Gasteiger partial charge in [0.05, 0.1) is 16.5 Å². The molecule has 10 heteroatoms. The van der Waals surface area contributed by atoms with Crippen molar-refractivity contribution in [3.8, 4) is 9.75 Å². The Morgan fingerprint density at radius 2 is 1.93 bits per heavy atom. The number of ether oxygens (including phenoxy) is 1. The maximum Gasteiger partial charge on any atom is 0.130 e. The van der Waals surface area contributed by atoms with Crippen molar-refractivity contribution in [3.05, 3.63) is 62.8 Å². The molecular weight excluding hydrogens is 453 g/mol. The Balaban J connectivity index is 1.63. The van der Waals surface area contributed by atoms with Crippen LogP contribution in [0.5, 0.6) is 0 Å². The van der Waals surface area contributed by atoms with Crippen LogP contribution in [0.15, 0.2) is 35.8 Å². The number of nitrogens with zero attached hydrogens (tertiary/aromatic N) is 1. The first-order chi connectivity index (χ1) is 14.4. The van der Waals surface area contributed by atoms with Crippen LogP contribution in [-0.4, -0.2) is 56.4 Å². The Bertz CT molecular complexity index is 1010. The number of thiazole rings is 1. The van der Waals surface area contributed by atoms with Gasteiger partial charge in [-0.25, -0.2) is 9.37 Å². The number of hydrogen-bond acceptors (Lipinski definition) is 8. The van der Waals surface area contributed by atoms with Crippen molar-refractivity contribution in [1.82, 2.24) is 4.98 Å². The number of hydrogen-bond donors (Lipinski definition) is 4. The van der Waals surface area contributed by atoms with Gasteiger partial charge in [0.25, 0.3) is 0 Å². The summed E-state index contributed by atoms with van der Waals surface area (Å²) in [5.74, 6) is -0.716. The lowest BCUT2D eigenvalue weighted by Crippen LogP contribution is -2.55. The fourth-order valence-corrected chi connectivity index (χ4v) is 5.39. The Morgan fingerprint density at radius 3 is 2.63 bits per heavy atom. The molecule has 1 aliphatic rings. The van der Waals surface area contributed by atoms with Gasteiger partial charge in [0.15, 0.2) is 0 Å². The lowest BCUT2D eigenvalue weighted by molar-refractivity contribution is -0.232. The molecule has 0 spiro atoms. The number of aliphatic hydroxyl groups is 4. The normalized spacial score (nSPS) is 26.8. The molecule has 3 heterocycles. The molecule has 4 N–H and O–H groups in total. The monoisotopic (exact) mass is 471 g/mol. The first kappa shape index (κ1) is 21.8. The molecule has 1 aromatic carbocycles. The van der Waals surface area contributed by atoms with Crippen molar-refractivity contribution in [1.29, 1.82) is 0 Å². The van der Waals surface area contributed by atoms with E-state index in [9.17, 15) is 24.8 Å². The summed E-state index contributed by atoms with van der Waals surface area (Å²) in [6.45, 7) is -0.589. The molecule has 30 heavy (non-hydrogen) atoms. The summed E-state index contributed by atoms with van der Waals surface area (Å²) in [5, 5.41) is 42.7. The van der Waals surface area contributed by atoms with Gasteiger partial charge in [-0.1, -0.05) is 17.7 Å². The largest absolute Gasteiger partial charge is 0.394 e. The van der Waals surface area contributed by atoms with Crippen LogP contribution in [0.25, 0.3) is 9.75 Å². The third-order valence-electron chi connectivity index (χ3n) is 5.02. The molecule has 5 atom stereocenters. The van der Waals surface area contributed by atoms with Gasteiger partial charge in [-0.3, -0.25) is 0 Å². The van der Waals surface area contributed by atoms with Crippen LogP contribution < -0.4 is 0 Å². The van der Waals surface area contributed by atoms with Crippen LogP contribution in [0, 0.1) is 5.82 Å². The molecule has 2 aromatic heterocycles. The standard InChI is InChI=1S/C20H19ClFNO5S2/c21-11-6-12(22)10(20-19(27)18(26)17(25)13(8-24)28-20)4-9(11)5-16-23-7-15(30-16)14-2-1-3-29-14/h1-4,6-7,13,17-20,24-27H,5,8H2/t13-,17-,18+,19-,20+/m1/s1. The maximum atomic E-state index is 14.7. The highest BCUT2D eigenvalue weighted by molar-refractivity contribution is 7.21. The first-order valence-corrected chi connectivity index (χ1v) is 11.2. The number of thiophene rings is 1. The van der Waals surface area contributed by atoms with E-state index in [4.69, 9.17) is 16.3 Å². The number of aromatic nitrogens is 1. The Kier molecular flexibility index (Phi) is 6.52. The van der Waals surface area contributed by atoms with Gasteiger partial charge >= 0.3 is 0 Å². The fraction of sp³-hybridized carbons (Fsp3) is 0.350. The lowest BCUT2D eigenvalue weighted by Gasteiger charge is -2.40. The number of aliphatic hydroxyl groups excluding tert-OH is 4. The smallest absolute Gasteiger partial charge is 0.130 e. The van der Waals surface area contributed by atoms with Gasteiger partial charge in [-0.05, 0) is 29.1 Å². The predicted octanol–water partition coefficient (Wildman–Crippen LogP) is 2.77. The Hall–Kier alpha value is -1.43. The molecule has 0 aliphatic carbocycles. The quantitative estimate of drug-likeness (QED) is 0.456. The van der Waals surface area contributed by atoms with Gasteiger partial charge < -0.3 is 25.2 Å². The van der Waals surface area contributed by atoms with Gasteiger partial charge in [-0.15, -0.1) is 22.7 Å². The molecule has 1 saturated heterocycles. The highest BCUT2D eigenvalue weighted by Gasteiger charge is 2.44. The highest BCUT2D eigenvalue weighted by Crippen LogP contribution is 2.37. The minimum absolute atomic E-state index is 0.0127. The van der Waals surface area contributed by atoms with Crippen molar-refractivity contribution in [3.63, 3.8) is 0 Å². The average molecular weight is 472 g/mol. The van der Waals surface area contributed by atoms with E-state index in [-0.39, 0.29) is 10.6 Å². The van der Waals surface area contributed by atoms with E-state index in [2.05, 4.69) is 4.98 Å². The summed E-state index contributed by atoms with van der Waals surface area (Å²) in [4.78, 5) is 6.54. The van der Waals surface area contributed by atoms with Gasteiger partial charge in [-0.2, -0.15) is 0 Å². The number of rotatable bonds is 5. The molecule has 0 radical (unpaired) electrons. The molecular formula is C20H19ClFNO5S2. The third-order valence-corrected chi connectivity index (χ3v) is 7.44. The second-order valence-electron chi connectivity index (χ2n) is 6.99. The van der Waals surface area contributed by atoms with Crippen molar-refractivity contribution >= 4 is 34.3 Å². The lowest BCUT2D eigenvalue weighted by atomic mass is 9.90. The van der Waals surface area contributed by atoms with Crippen LogP contribution in [0.3, 0.4) is 0 Å². The van der Waals surface area contributed by atoms with E-state index >= 15 is 0 Å². The summed E-state index contributed by atoms with van der Waals surface area (Å²) in [6.07, 6.45) is -4.94. The van der Waals surface area contributed by atoms with Crippen molar-refractivity contribution in [2.75, 3.05) is 6.61 Å². The van der Waals surface area contributed by atoms with Crippen LogP contribution in [0.2, 0.25) is 5.02 Å². The molecule has 0 amide bonds. The van der Waals surface area contributed by atoms with E-state index in [1.807, 2.05) is 17.5 Å².